The zero-order valence-corrected chi connectivity index (χ0v) is 17.9. The van der Waals surface area contributed by atoms with E-state index < -0.39 is 16.9 Å². The average Bonchev–Trinajstić information content (AvgIpc) is 3.16. The number of primary amides is 1. The van der Waals surface area contributed by atoms with E-state index in [1.165, 1.54) is 32.1 Å². The minimum atomic E-state index is -0.921. The molecule has 1 aromatic rings. The number of nitriles is 1. The number of amides is 2. The van der Waals surface area contributed by atoms with Crippen molar-refractivity contribution in [1.82, 2.24) is 10.2 Å². The lowest BCUT2D eigenvalue weighted by Crippen LogP contribution is -2.52. The van der Waals surface area contributed by atoms with E-state index in [0.29, 0.717) is 32.0 Å². The van der Waals surface area contributed by atoms with Crippen LogP contribution >= 0.6 is 0 Å². The van der Waals surface area contributed by atoms with Crippen LogP contribution in [0.4, 0.5) is 0 Å². The molecule has 0 aromatic heterocycles. The molecule has 3 rings (SSSR count). The van der Waals surface area contributed by atoms with Gasteiger partial charge in [-0.1, -0.05) is 62.4 Å². The molecule has 30 heavy (non-hydrogen) atoms. The number of carbonyl (C=O) groups excluding carboxylic acids is 2. The highest BCUT2D eigenvalue weighted by Gasteiger charge is 2.44. The highest BCUT2D eigenvalue weighted by Crippen LogP contribution is 2.30. The molecule has 1 heterocycles. The molecule has 1 saturated carbocycles. The lowest BCUT2D eigenvalue weighted by Gasteiger charge is -2.32. The van der Waals surface area contributed by atoms with Gasteiger partial charge in [-0.25, -0.2) is 0 Å². The van der Waals surface area contributed by atoms with Crippen molar-refractivity contribution < 1.29 is 9.59 Å². The van der Waals surface area contributed by atoms with Crippen molar-refractivity contribution in [2.45, 2.75) is 62.8 Å². The van der Waals surface area contributed by atoms with Gasteiger partial charge in [0.05, 0.1) is 11.5 Å². The van der Waals surface area contributed by atoms with Gasteiger partial charge in [0.25, 0.3) is 0 Å². The summed E-state index contributed by atoms with van der Waals surface area (Å²) in [5.74, 6) is 0.0301. The number of likely N-dealkylation sites (tertiary alicyclic amines) is 1. The Kier molecular flexibility index (Phi) is 7.14. The lowest BCUT2D eigenvalue weighted by atomic mass is 9.81. The van der Waals surface area contributed by atoms with Gasteiger partial charge in [-0.3, -0.25) is 14.5 Å². The van der Waals surface area contributed by atoms with Crippen molar-refractivity contribution in [3.8, 4) is 6.07 Å². The number of nitrogens with zero attached hydrogens (tertiary/aromatic N) is 2. The second-order valence-corrected chi connectivity index (χ2v) is 9.15. The maximum atomic E-state index is 12.5. The fourth-order valence-corrected chi connectivity index (χ4v) is 4.79. The van der Waals surface area contributed by atoms with Crippen molar-refractivity contribution >= 4 is 11.8 Å². The van der Waals surface area contributed by atoms with E-state index in [4.69, 9.17) is 5.73 Å². The van der Waals surface area contributed by atoms with Crippen molar-refractivity contribution in [2.75, 3.05) is 19.6 Å². The van der Waals surface area contributed by atoms with Crippen LogP contribution in [0.15, 0.2) is 30.3 Å². The first kappa shape index (κ1) is 22.3. The molecule has 2 atom stereocenters. The summed E-state index contributed by atoms with van der Waals surface area (Å²) in [4.78, 5) is 26.9. The van der Waals surface area contributed by atoms with Crippen LogP contribution in [0, 0.1) is 23.7 Å². The van der Waals surface area contributed by atoms with Crippen LogP contribution in [0.3, 0.4) is 0 Å². The van der Waals surface area contributed by atoms with E-state index in [9.17, 15) is 14.9 Å². The number of nitrogens with two attached hydrogens (primary N) is 1. The molecule has 1 aliphatic carbocycles. The van der Waals surface area contributed by atoms with Gasteiger partial charge in [-0.2, -0.15) is 5.26 Å². The van der Waals surface area contributed by atoms with Crippen molar-refractivity contribution in [3.05, 3.63) is 42.3 Å². The lowest BCUT2D eigenvalue weighted by molar-refractivity contribution is -0.124. The third-order valence-corrected chi connectivity index (χ3v) is 6.78. The Labute approximate surface area is 179 Å². The molecule has 1 aromatic carbocycles. The zero-order chi connectivity index (χ0) is 21.6. The van der Waals surface area contributed by atoms with Crippen LogP contribution in [0.2, 0.25) is 0 Å². The van der Waals surface area contributed by atoms with Gasteiger partial charge in [0.15, 0.2) is 0 Å². The van der Waals surface area contributed by atoms with E-state index >= 15 is 0 Å². The third kappa shape index (κ3) is 5.20. The number of carbonyl (C=O) groups is 2. The molecule has 0 bridgehead atoms. The largest absolute Gasteiger partial charge is 0.369 e. The molecular formula is C24H33N4O2. The zero-order valence-electron chi connectivity index (χ0n) is 17.9. The molecule has 1 radical (unpaired) electrons. The summed E-state index contributed by atoms with van der Waals surface area (Å²) in [6.07, 6.45) is 9.20. The first-order valence-electron chi connectivity index (χ1n) is 11.0. The second-order valence-electron chi connectivity index (χ2n) is 9.15. The molecule has 161 valence electrons. The van der Waals surface area contributed by atoms with Gasteiger partial charge in [0.1, 0.15) is 5.54 Å². The number of hydrogen-bond acceptors (Lipinski definition) is 4. The van der Waals surface area contributed by atoms with Crippen molar-refractivity contribution in [3.63, 3.8) is 0 Å². The van der Waals surface area contributed by atoms with Gasteiger partial charge in [0.2, 0.25) is 11.8 Å². The van der Waals surface area contributed by atoms with E-state index in [2.05, 4.69) is 16.3 Å². The number of benzene rings is 1. The predicted octanol–water partition coefficient (Wildman–Crippen LogP) is 2.69. The maximum Gasteiger partial charge on any atom is 0.229 e. The molecule has 1 saturated heterocycles. The van der Waals surface area contributed by atoms with Crippen molar-refractivity contribution in [2.24, 2.45) is 11.7 Å². The van der Waals surface area contributed by atoms with E-state index in [-0.39, 0.29) is 5.91 Å². The van der Waals surface area contributed by atoms with Crippen molar-refractivity contribution in [1.29, 1.82) is 5.26 Å². The number of hydrogen-bond donors (Lipinski definition) is 2. The Morgan fingerprint density at radius 3 is 2.63 bits per heavy atom. The summed E-state index contributed by atoms with van der Waals surface area (Å²) in [5.41, 5.74) is 4.85. The molecule has 3 N–H and O–H groups in total. The fraction of sp³-hybridized carbons (Fsp3) is 0.583. The molecule has 1 aliphatic heterocycles. The first-order chi connectivity index (χ1) is 14.4. The topological polar surface area (TPSA) is 99.2 Å². The van der Waals surface area contributed by atoms with Crippen LogP contribution < -0.4 is 11.1 Å². The van der Waals surface area contributed by atoms with E-state index in [1.54, 1.807) is 6.42 Å². The van der Waals surface area contributed by atoms with Gasteiger partial charge >= 0.3 is 0 Å². The van der Waals surface area contributed by atoms with Crippen LogP contribution in [0.1, 0.15) is 57.4 Å². The van der Waals surface area contributed by atoms with Crippen LogP contribution in [0.5, 0.6) is 0 Å². The minimum absolute atomic E-state index is 0.162. The Morgan fingerprint density at radius 2 is 2.00 bits per heavy atom. The normalized spacial score (nSPS) is 24.7. The predicted molar refractivity (Wildman–Crippen MR) is 116 cm³/mol. The minimum Gasteiger partial charge on any atom is -0.369 e. The van der Waals surface area contributed by atoms with E-state index in [1.807, 2.05) is 37.3 Å². The van der Waals surface area contributed by atoms with Gasteiger partial charge in [-0.05, 0) is 31.2 Å². The van der Waals surface area contributed by atoms with E-state index in [0.717, 1.165) is 12.0 Å². The Bertz CT molecular complexity index is 784. The second kappa shape index (κ2) is 9.61. The molecule has 6 heteroatoms. The Balaban J connectivity index is 1.59. The van der Waals surface area contributed by atoms with Crippen LogP contribution in [-0.2, 0) is 15.0 Å². The molecule has 2 amide bonds. The summed E-state index contributed by atoms with van der Waals surface area (Å²) in [6.45, 7) is 3.28. The maximum absolute atomic E-state index is 12.5. The molecule has 2 unspecified atom stereocenters. The quantitative estimate of drug-likeness (QED) is 0.689. The SMILES string of the molecule is CC(CN1CCC(C#N)(NC(=O)[CH]CC2CCCCC2)C1)(C(N)=O)c1ccccc1. The highest BCUT2D eigenvalue weighted by atomic mass is 16.2. The summed E-state index contributed by atoms with van der Waals surface area (Å²) >= 11 is 0. The van der Waals surface area contributed by atoms with Crippen LogP contribution in [-0.4, -0.2) is 41.9 Å². The highest BCUT2D eigenvalue weighted by molar-refractivity contribution is 5.87. The van der Waals surface area contributed by atoms with Gasteiger partial charge in [0, 0.05) is 26.1 Å². The first-order valence-corrected chi connectivity index (χ1v) is 11.0. The summed E-state index contributed by atoms with van der Waals surface area (Å²) in [6, 6.07) is 11.8. The van der Waals surface area contributed by atoms with Gasteiger partial charge < -0.3 is 11.1 Å². The smallest absolute Gasteiger partial charge is 0.229 e. The molecule has 2 aliphatic rings. The number of nitrogens with one attached hydrogen (secondary N) is 1. The number of rotatable bonds is 8. The van der Waals surface area contributed by atoms with Crippen LogP contribution in [0.25, 0.3) is 0 Å². The molecular weight excluding hydrogens is 376 g/mol. The third-order valence-electron chi connectivity index (χ3n) is 6.78. The summed E-state index contributed by atoms with van der Waals surface area (Å²) in [7, 11) is 0. The Morgan fingerprint density at radius 1 is 1.30 bits per heavy atom. The Hall–Kier alpha value is -2.39. The summed E-state index contributed by atoms with van der Waals surface area (Å²) in [5, 5.41) is 12.8. The fourth-order valence-electron chi connectivity index (χ4n) is 4.79. The standard InChI is InChI=1S/C24H33N4O2/c1-23(22(26)30,20-10-6-3-7-11-20)17-28-15-14-24(16-25,18-28)27-21(29)13-12-19-8-4-2-5-9-19/h3,6-7,10-11,13,19H,2,4-5,8-9,12,14-15,17-18H2,1H3,(H2,26,30)(H,27,29). The molecule has 6 nitrogen and oxygen atoms in total. The molecule has 2 fully saturated rings. The monoisotopic (exact) mass is 409 g/mol. The van der Waals surface area contributed by atoms with Gasteiger partial charge in [-0.15, -0.1) is 0 Å². The summed E-state index contributed by atoms with van der Waals surface area (Å²) < 4.78 is 0. The average molecular weight is 410 g/mol. The molecule has 0 spiro atoms.